The Hall–Kier alpha value is -2.32. The lowest BCUT2D eigenvalue weighted by molar-refractivity contribution is -0.142. The van der Waals surface area contributed by atoms with Gasteiger partial charge in [-0.15, -0.1) is 0 Å². The number of alkyl halides is 3. The molecule has 0 saturated carbocycles. The fraction of sp³-hybridized carbons (Fsp3) is 0.417. The summed E-state index contributed by atoms with van der Waals surface area (Å²) in [6, 6.07) is -0.395. The summed E-state index contributed by atoms with van der Waals surface area (Å²) < 4.78 is 37.8. The zero-order valence-electron chi connectivity index (χ0n) is 11.1. The van der Waals surface area contributed by atoms with Crippen molar-refractivity contribution in [1.82, 2.24) is 15.1 Å². The average molecular weight is 305 g/mol. The van der Waals surface area contributed by atoms with E-state index in [-0.39, 0.29) is 6.42 Å². The molecule has 1 rings (SSSR count). The molecule has 0 aromatic carbocycles. The molecule has 0 aliphatic carbocycles. The molecule has 0 radical (unpaired) electrons. The van der Waals surface area contributed by atoms with Gasteiger partial charge in [0.1, 0.15) is 12.6 Å². The van der Waals surface area contributed by atoms with Gasteiger partial charge in [-0.05, 0) is 19.4 Å². The van der Waals surface area contributed by atoms with E-state index in [0.29, 0.717) is 0 Å². The van der Waals surface area contributed by atoms with Crippen LogP contribution >= 0.6 is 0 Å². The van der Waals surface area contributed by atoms with Gasteiger partial charge in [-0.25, -0.2) is 4.79 Å². The molecule has 0 aliphatic rings. The first-order valence-electron chi connectivity index (χ1n) is 5.98. The Labute approximate surface area is 118 Å². The molecule has 1 unspecified atom stereocenters. The Balaban J connectivity index is 2.64. The first-order valence-corrected chi connectivity index (χ1v) is 5.98. The number of carboxylic acid groups (broad SMARTS) is 1. The third-order valence-corrected chi connectivity index (χ3v) is 2.48. The summed E-state index contributed by atoms with van der Waals surface area (Å²) in [5.74, 6) is -1.96. The highest BCUT2D eigenvalue weighted by atomic mass is 19.4. The lowest BCUT2D eigenvalue weighted by atomic mass is 10.2. The third kappa shape index (κ3) is 5.28. The maximum atomic E-state index is 12.3. The van der Waals surface area contributed by atoms with E-state index < -0.39 is 36.3 Å². The number of nitrogens with one attached hydrogen (secondary N) is 1. The molecule has 2 N–H and O–H groups in total. The van der Waals surface area contributed by atoms with Crippen molar-refractivity contribution in [3.8, 4) is 0 Å². The molecule has 1 aromatic heterocycles. The van der Waals surface area contributed by atoms with Crippen LogP contribution in [0.4, 0.5) is 13.2 Å². The molecule has 0 aliphatic heterocycles. The zero-order chi connectivity index (χ0) is 16.0. The predicted molar refractivity (Wildman–Crippen MR) is 66.2 cm³/mol. The lowest BCUT2D eigenvalue weighted by Gasteiger charge is -2.12. The third-order valence-electron chi connectivity index (χ3n) is 2.48. The van der Waals surface area contributed by atoms with Gasteiger partial charge in [-0.1, -0.05) is 12.2 Å². The summed E-state index contributed by atoms with van der Waals surface area (Å²) in [6.45, 7) is 1.21. The smallest absolute Gasteiger partial charge is 0.435 e. The number of carboxylic acids is 1. The van der Waals surface area contributed by atoms with E-state index in [9.17, 15) is 22.8 Å². The average Bonchev–Trinajstić information content (AvgIpc) is 2.82. The van der Waals surface area contributed by atoms with Crippen molar-refractivity contribution < 1.29 is 27.9 Å². The van der Waals surface area contributed by atoms with Gasteiger partial charge in [0.15, 0.2) is 5.69 Å². The molecule has 21 heavy (non-hydrogen) atoms. The monoisotopic (exact) mass is 305 g/mol. The highest BCUT2D eigenvalue weighted by Gasteiger charge is 2.33. The van der Waals surface area contributed by atoms with Crippen molar-refractivity contribution in [2.75, 3.05) is 0 Å². The van der Waals surface area contributed by atoms with Crippen LogP contribution in [-0.4, -0.2) is 32.8 Å². The number of halogens is 3. The van der Waals surface area contributed by atoms with Gasteiger partial charge < -0.3 is 10.4 Å². The van der Waals surface area contributed by atoms with Crippen LogP contribution in [0.1, 0.15) is 19.0 Å². The molecule has 1 aromatic rings. The first-order chi connectivity index (χ1) is 9.74. The Bertz CT molecular complexity index is 537. The first kappa shape index (κ1) is 16.7. The van der Waals surface area contributed by atoms with Gasteiger partial charge in [-0.2, -0.15) is 18.3 Å². The molecule has 9 heteroatoms. The van der Waals surface area contributed by atoms with E-state index in [2.05, 4.69) is 10.4 Å². The molecule has 0 saturated heterocycles. The summed E-state index contributed by atoms with van der Waals surface area (Å²) >= 11 is 0. The van der Waals surface area contributed by atoms with Gasteiger partial charge in [-0.3, -0.25) is 9.48 Å². The molecule has 0 bridgehead atoms. The number of nitrogens with zero attached hydrogens (tertiary/aromatic N) is 2. The molecule has 6 nitrogen and oxygen atoms in total. The minimum Gasteiger partial charge on any atom is -0.480 e. The number of hydrogen-bond acceptors (Lipinski definition) is 3. The summed E-state index contributed by atoms with van der Waals surface area (Å²) in [5.41, 5.74) is -1.11. The number of hydrogen-bond donors (Lipinski definition) is 2. The van der Waals surface area contributed by atoms with Gasteiger partial charge in [0.2, 0.25) is 5.91 Å². The van der Waals surface area contributed by atoms with Crippen molar-refractivity contribution in [2.45, 2.75) is 32.1 Å². The van der Waals surface area contributed by atoms with Crippen molar-refractivity contribution in [2.24, 2.45) is 0 Å². The van der Waals surface area contributed by atoms with E-state index in [1.54, 1.807) is 19.1 Å². The zero-order valence-corrected chi connectivity index (χ0v) is 11.1. The van der Waals surface area contributed by atoms with Gasteiger partial charge in [0.25, 0.3) is 0 Å². The molecule has 1 atom stereocenters. The minimum atomic E-state index is -4.59. The SMILES string of the molecule is C/C=C/CC(NC(=O)Cn1ccc(C(F)(F)F)n1)C(=O)O. The Morgan fingerprint density at radius 2 is 2.19 bits per heavy atom. The van der Waals surface area contributed by atoms with Crippen LogP contribution in [0.3, 0.4) is 0 Å². The van der Waals surface area contributed by atoms with Crippen molar-refractivity contribution in [1.29, 1.82) is 0 Å². The van der Waals surface area contributed by atoms with Crippen molar-refractivity contribution in [3.05, 3.63) is 30.1 Å². The van der Waals surface area contributed by atoms with E-state index >= 15 is 0 Å². The van der Waals surface area contributed by atoms with Crippen LogP contribution in [-0.2, 0) is 22.3 Å². The van der Waals surface area contributed by atoms with Gasteiger partial charge >= 0.3 is 12.1 Å². The standard InChI is InChI=1S/C12H14F3N3O3/c1-2-3-4-8(11(20)21)16-10(19)7-18-6-5-9(17-18)12(13,14)15/h2-3,5-6,8H,4,7H2,1H3,(H,16,19)(H,20,21)/b3-2+. The number of aromatic nitrogens is 2. The highest BCUT2D eigenvalue weighted by Crippen LogP contribution is 2.27. The lowest BCUT2D eigenvalue weighted by Crippen LogP contribution is -2.42. The second-order valence-electron chi connectivity index (χ2n) is 4.16. The summed E-state index contributed by atoms with van der Waals surface area (Å²) in [5, 5.41) is 14.3. The maximum absolute atomic E-state index is 12.3. The van der Waals surface area contributed by atoms with Crippen molar-refractivity contribution >= 4 is 11.9 Å². The van der Waals surface area contributed by atoms with Crippen LogP contribution in [0, 0.1) is 0 Å². The van der Waals surface area contributed by atoms with Crippen molar-refractivity contribution in [3.63, 3.8) is 0 Å². The van der Waals surface area contributed by atoms with Gasteiger partial charge in [0.05, 0.1) is 0 Å². The second-order valence-corrected chi connectivity index (χ2v) is 4.16. The molecule has 0 spiro atoms. The maximum Gasteiger partial charge on any atom is 0.435 e. The Morgan fingerprint density at radius 1 is 1.52 bits per heavy atom. The topological polar surface area (TPSA) is 84.2 Å². The molecular formula is C12H14F3N3O3. The van der Waals surface area contributed by atoms with Crippen LogP contribution in [0.15, 0.2) is 24.4 Å². The predicted octanol–water partition coefficient (Wildman–Crippen LogP) is 1.44. The molecule has 0 fully saturated rings. The molecule has 1 amide bonds. The Morgan fingerprint density at radius 3 is 2.67 bits per heavy atom. The minimum absolute atomic E-state index is 0.0878. The molecule has 1 heterocycles. The van der Waals surface area contributed by atoms with E-state index in [1.807, 2.05) is 0 Å². The van der Waals surface area contributed by atoms with Crippen LogP contribution in [0.5, 0.6) is 0 Å². The Kier molecular flexibility index (Phi) is 5.51. The van der Waals surface area contributed by atoms with Crippen LogP contribution in [0.2, 0.25) is 0 Å². The number of aliphatic carboxylic acids is 1. The second kappa shape index (κ2) is 6.91. The summed E-state index contributed by atoms with van der Waals surface area (Å²) in [4.78, 5) is 22.5. The van der Waals surface area contributed by atoms with E-state index in [1.165, 1.54) is 0 Å². The van der Waals surface area contributed by atoms with E-state index in [4.69, 9.17) is 5.11 Å². The number of allylic oxidation sites excluding steroid dienone is 1. The normalized spacial score (nSPS) is 13.3. The largest absolute Gasteiger partial charge is 0.480 e. The van der Waals surface area contributed by atoms with Crippen LogP contribution < -0.4 is 5.32 Å². The summed E-state index contributed by atoms with van der Waals surface area (Å²) in [7, 11) is 0. The quantitative estimate of drug-likeness (QED) is 0.779. The number of amides is 1. The fourth-order valence-corrected chi connectivity index (χ4v) is 1.48. The highest BCUT2D eigenvalue weighted by molar-refractivity contribution is 5.83. The summed E-state index contributed by atoms with van der Waals surface area (Å²) in [6.07, 6.45) is -0.300. The van der Waals surface area contributed by atoms with E-state index in [0.717, 1.165) is 16.9 Å². The number of rotatable bonds is 6. The fourth-order valence-electron chi connectivity index (χ4n) is 1.48. The van der Waals surface area contributed by atoms with Gasteiger partial charge in [0, 0.05) is 6.20 Å². The number of carbonyl (C=O) groups is 2. The molecule has 116 valence electrons. The molecular weight excluding hydrogens is 291 g/mol. The number of carbonyl (C=O) groups excluding carboxylic acids is 1. The van der Waals surface area contributed by atoms with Crippen LogP contribution in [0.25, 0.3) is 0 Å².